The first-order valence-corrected chi connectivity index (χ1v) is 2.63. The fraction of sp³-hybridized carbons (Fsp3) is 0.167. The molecule has 3 nitrogen and oxygen atoms in total. The first-order valence-electron chi connectivity index (χ1n) is 2.63. The van der Waals surface area contributed by atoms with Gasteiger partial charge in [-0.05, 0) is 6.08 Å². The lowest BCUT2D eigenvalue weighted by Gasteiger charge is -2.04. The largest absolute Gasteiger partial charge is 0.471 e. The van der Waals surface area contributed by atoms with E-state index in [-0.39, 0.29) is 0 Å². The molecule has 1 heterocycles. The van der Waals surface area contributed by atoms with Crippen molar-refractivity contribution in [2.45, 2.75) is 6.42 Å². The van der Waals surface area contributed by atoms with Crippen LogP contribution in [0.2, 0.25) is 0 Å². The summed E-state index contributed by atoms with van der Waals surface area (Å²) in [6.45, 7) is 0. The minimum atomic E-state index is 0.633. The summed E-state index contributed by atoms with van der Waals surface area (Å²) in [6, 6.07) is 0. The molecule has 1 aliphatic rings. The van der Waals surface area contributed by atoms with Crippen molar-refractivity contribution in [2.24, 2.45) is 0 Å². The van der Waals surface area contributed by atoms with Crippen molar-refractivity contribution in [2.75, 3.05) is 0 Å². The molecule has 0 aromatic rings. The first kappa shape index (κ1) is 5.88. The molecule has 0 spiro atoms. The van der Waals surface area contributed by atoms with Gasteiger partial charge in [0.1, 0.15) is 6.26 Å². The van der Waals surface area contributed by atoms with Crippen molar-refractivity contribution in [1.29, 1.82) is 0 Å². The van der Waals surface area contributed by atoms with Gasteiger partial charge in [-0.25, -0.2) is 0 Å². The maximum absolute atomic E-state index is 9.84. The van der Waals surface area contributed by atoms with Gasteiger partial charge in [-0.2, -0.15) is 0 Å². The van der Waals surface area contributed by atoms with Crippen molar-refractivity contribution in [3.8, 4) is 0 Å². The number of hydrogen-bond acceptors (Lipinski definition) is 2. The van der Waals surface area contributed by atoms with E-state index in [1.807, 2.05) is 6.08 Å². The van der Waals surface area contributed by atoms with E-state index in [0.717, 1.165) is 12.1 Å². The molecule has 0 unspecified atom stereocenters. The maximum atomic E-state index is 9.84. The molecular weight excluding hydrogens is 118 g/mol. The van der Waals surface area contributed by atoms with Gasteiger partial charge in [0.25, 0.3) is 0 Å². The van der Waals surface area contributed by atoms with E-state index < -0.39 is 0 Å². The summed E-state index contributed by atoms with van der Waals surface area (Å²) in [6.07, 6.45) is 6.28. The highest BCUT2D eigenvalue weighted by molar-refractivity contribution is 5.50. The normalized spacial score (nSPS) is 15.8. The SMILES string of the molecule is O=CNC1=COC=CC1. The van der Waals surface area contributed by atoms with Crippen molar-refractivity contribution >= 4 is 6.41 Å². The third-order valence-corrected chi connectivity index (χ3v) is 0.967. The summed E-state index contributed by atoms with van der Waals surface area (Å²) in [4.78, 5) is 9.84. The van der Waals surface area contributed by atoms with E-state index in [2.05, 4.69) is 5.32 Å². The Morgan fingerprint density at radius 3 is 3.22 bits per heavy atom. The van der Waals surface area contributed by atoms with Crippen LogP contribution in [0.5, 0.6) is 0 Å². The number of allylic oxidation sites excluding steroid dienone is 1. The maximum Gasteiger partial charge on any atom is 0.211 e. The van der Waals surface area contributed by atoms with Crippen LogP contribution in [0.3, 0.4) is 0 Å². The number of amides is 1. The zero-order chi connectivity index (χ0) is 6.53. The van der Waals surface area contributed by atoms with Crippen LogP contribution in [0.25, 0.3) is 0 Å². The minimum absolute atomic E-state index is 0.633. The molecule has 0 saturated heterocycles. The van der Waals surface area contributed by atoms with Crippen LogP contribution in [0, 0.1) is 0 Å². The molecule has 1 aliphatic heterocycles. The third kappa shape index (κ3) is 1.60. The lowest BCUT2D eigenvalue weighted by Crippen LogP contribution is -2.10. The summed E-state index contributed by atoms with van der Waals surface area (Å²) in [5.41, 5.74) is 0.785. The molecule has 0 fully saturated rings. The topological polar surface area (TPSA) is 38.3 Å². The highest BCUT2D eigenvalue weighted by Gasteiger charge is 1.95. The monoisotopic (exact) mass is 125 g/mol. The van der Waals surface area contributed by atoms with Gasteiger partial charge in [-0.15, -0.1) is 0 Å². The Morgan fingerprint density at radius 2 is 2.67 bits per heavy atom. The lowest BCUT2D eigenvalue weighted by atomic mass is 10.3. The van der Waals surface area contributed by atoms with E-state index in [0.29, 0.717) is 6.41 Å². The van der Waals surface area contributed by atoms with E-state index in [4.69, 9.17) is 4.74 Å². The number of carbonyl (C=O) groups is 1. The van der Waals surface area contributed by atoms with Gasteiger partial charge in [0.2, 0.25) is 6.41 Å². The van der Waals surface area contributed by atoms with Gasteiger partial charge in [0.15, 0.2) is 0 Å². The second-order valence-electron chi connectivity index (χ2n) is 1.62. The second-order valence-corrected chi connectivity index (χ2v) is 1.62. The summed E-state index contributed by atoms with van der Waals surface area (Å²) >= 11 is 0. The lowest BCUT2D eigenvalue weighted by molar-refractivity contribution is -0.109. The molecular formula is C6H7NO2. The molecule has 9 heavy (non-hydrogen) atoms. The van der Waals surface area contributed by atoms with Crippen molar-refractivity contribution in [3.05, 3.63) is 24.3 Å². The number of nitrogens with one attached hydrogen (secondary N) is 1. The summed E-state index contributed by atoms with van der Waals surface area (Å²) < 4.78 is 4.77. The van der Waals surface area contributed by atoms with Crippen molar-refractivity contribution < 1.29 is 9.53 Å². The Morgan fingerprint density at radius 1 is 1.78 bits per heavy atom. The summed E-state index contributed by atoms with van der Waals surface area (Å²) in [7, 11) is 0. The van der Waals surface area contributed by atoms with E-state index in [9.17, 15) is 4.79 Å². The molecule has 0 radical (unpaired) electrons. The highest BCUT2D eigenvalue weighted by Crippen LogP contribution is 2.03. The van der Waals surface area contributed by atoms with Gasteiger partial charge in [0.05, 0.1) is 12.0 Å². The molecule has 48 valence electrons. The fourth-order valence-corrected chi connectivity index (χ4v) is 0.569. The van der Waals surface area contributed by atoms with Gasteiger partial charge in [-0.1, -0.05) is 0 Å². The van der Waals surface area contributed by atoms with Crippen LogP contribution in [0.1, 0.15) is 6.42 Å². The van der Waals surface area contributed by atoms with Crippen LogP contribution in [0.15, 0.2) is 24.3 Å². The molecule has 0 aromatic carbocycles. The molecule has 0 aromatic heterocycles. The average Bonchev–Trinajstić information content (AvgIpc) is 1.91. The Balaban J connectivity index is 2.40. The Labute approximate surface area is 53.0 Å². The minimum Gasteiger partial charge on any atom is -0.471 e. The van der Waals surface area contributed by atoms with Gasteiger partial charge >= 0.3 is 0 Å². The Hall–Kier alpha value is -1.25. The van der Waals surface area contributed by atoms with E-state index >= 15 is 0 Å². The Bertz CT molecular complexity index is 156. The molecule has 0 aliphatic carbocycles. The van der Waals surface area contributed by atoms with Crippen molar-refractivity contribution in [3.63, 3.8) is 0 Å². The van der Waals surface area contributed by atoms with Crippen LogP contribution in [0.4, 0.5) is 0 Å². The standard InChI is InChI=1S/C6H7NO2/c8-5-7-6-2-1-3-9-4-6/h1,3-5H,2H2,(H,7,8). The summed E-state index contributed by atoms with van der Waals surface area (Å²) in [5.74, 6) is 0. The molecule has 1 amide bonds. The number of carbonyl (C=O) groups excluding carboxylic acids is 1. The van der Waals surface area contributed by atoms with Crippen LogP contribution in [-0.4, -0.2) is 6.41 Å². The van der Waals surface area contributed by atoms with Crippen LogP contribution >= 0.6 is 0 Å². The van der Waals surface area contributed by atoms with Gasteiger partial charge < -0.3 is 10.1 Å². The quantitative estimate of drug-likeness (QED) is 0.546. The number of ether oxygens (including phenoxy) is 1. The van der Waals surface area contributed by atoms with E-state index in [1.54, 1.807) is 6.26 Å². The first-order chi connectivity index (χ1) is 4.43. The average molecular weight is 125 g/mol. The summed E-state index contributed by atoms with van der Waals surface area (Å²) in [5, 5.41) is 2.49. The zero-order valence-corrected chi connectivity index (χ0v) is 4.83. The van der Waals surface area contributed by atoms with E-state index in [1.165, 1.54) is 6.26 Å². The Kier molecular flexibility index (Phi) is 1.90. The van der Waals surface area contributed by atoms with Crippen molar-refractivity contribution in [1.82, 2.24) is 5.32 Å². The van der Waals surface area contributed by atoms with Crippen LogP contribution < -0.4 is 5.32 Å². The second kappa shape index (κ2) is 2.91. The molecule has 0 bridgehead atoms. The van der Waals surface area contributed by atoms with Gasteiger partial charge in [0, 0.05) is 6.42 Å². The number of hydrogen-bond donors (Lipinski definition) is 1. The molecule has 1 N–H and O–H groups in total. The highest BCUT2D eigenvalue weighted by atomic mass is 16.5. The fourth-order valence-electron chi connectivity index (χ4n) is 0.569. The zero-order valence-electron chi connectivity index (χ0n) is 4.83. The van der Waals surface area contributed by atoms with Gasteiger partial charge in [-0.3, -0.25) is 4.79 Å². The molecule has 3 heteroatoms. The molecule has 0 atom stereocenters. The van der Waals surface area contributed by atoms with Crippen LogP contribution in [-0.2, 0) is 9.53 Å². The number of rotatable bonds is 2. The smallest absolute Gasteiger partial charge is 0.211 e. The predicted octanol–water partition coefficient (Wildman–Crippen LogP) is 0.508. The predicted molar refractivity (Wildman–Crippen MR) is 32.1 cm³/mol. The molecule has 0 saturated carbocycles. The molecule has 1 rings (SSSR count). The third-order valence-electron chi connectivity index (χ3n) is 0.967.